The lowest BCUT2D eigenvalue weighted by Crippen LogP contribution is -2.31. The van der Waals surface area contributed by atoms with Gasteiger partial charge in [0.15, 0.2) is 0 Å². The van der Waals surface area contributed by atoms with Gasteiger partial charge >= 0.3 is 0 Å². The van der Waals surface area contributed by atoms with E-state index in [1.165, 1.54) is 0 Å². The Labute approximate surface area is 164 Å². The van der Waals surface area contributed by atoms with E-state index in [4.69, 9.17) is 4.74 Å². The molecule has 2 aromatic heterocycles. The van der Waals surface area contributed by atoms with Gasteiger partial charge in [0.1, 0.15) is 11.9 Å². The maximum Gasteiger partial charge on any atom is 0.257 e. The largest absolute Gasteiger partial charge is 0.472 e. The molecule has 0 aliphatic carbocycles. The summed E-state index contributed by atoms with van der Waals surface area (Å²) in [7, 11) is 0. The number of aromatic nitrogens is 4. The van der Waals surface area contributed by atoms with Crippen LogP contribution in [0.3, 0.4) is 0 Å². The number of para-hydroxylation sites is 1. The average Bonchev–Trinajstić information content (AvgIpc) is 3.28. The van der Waals surface area contributed by atoms with Crippen molar-refractivity contribution in [2.45, 2.75) is 33.3 Å². The van der Waals surface area contributed by atoms with Crippen LogP contribution in [0, 0.1) is 20.8 Å². The molecular weight excluding hydrogens is 354 g/mol. The molecule has 1 aliphatic heterocycles. The first-order valence-corrected chi connectivity index (χ1v) is 9.39. The van der Waals surface area contributed by atoms with Crippen LogP contribution in [-0.2, 0) is 0 Å². The number of hydrogen-bond acceptors (Lipinski definition) is 5. The molecule has 1 aliphatic rings. The molecule has 4 rings (SSSR count). The molecule has 0 N–H and O–H groups in total. The minimum Gasteiger partial charge on any atom is -0.472 e. The maximum absolute atomic E-state index is 13.0. The van der Waals surface area contributed by atoms with Crippen molar-refractivity contribution in [2.24, 2.45) is 0 Å². The number of nitrogens with zero attached hydrogens (tertiary/aromatic N) is 5. The zero-order valence-electron chi connectivity index (χ0n) is 16.3. The first kappa shape index (κ1) is 18.2. The van der Waals surface area contributed by atoms with Crippen molar-refractivity contribution >= 4 is 5.91 Å². The van der Waals surface area contributed by atoms with Gasteiger partial charge in [0.05, 0.1) is 29.7 Å². The third kappa shape index (κ3) is 3.60. The van der Waals surface area contributed by atoms with Crippen molar-refractivity contribution in [3.63, 3.8) is 0 Å². The number of amides is 1. The molecule has 144 valence electrons. The Morgan fingerprint density at radius 2 is 1.93 bits per heavy atom. The lowest BCUT2D eigenvalue weighted by atomic mass is 10.2. The van der Waals surface area contributed by atoms with Crippen LogP contribution in [0.1, 0.15) is 34.0 Å². The summed E-state index contributed by atoms with van der Waals surface area (Å²) in [4.78, 5) is 23.4. The number of carbonyl (C=O) groups is 1. The highest BCUT2D eigenvalue weighted by atomic mass is 16.5. The van der Waals surface area contributed by atoms with Gasteiger partial charge in [0, 0.05) is 24.7 Å². The molecule has 1 atom stereocenters. The van der Waals surface area contributed by atoms with Crippen LogP contribution in [0.25, 0.3) is 5.69 Å². The van der Waals surface area contributed by atoms with Gasteiger partial charge in [-0.1, -0.05) is 18.2 Å². The van der Waals surface area contributed by atoms with Gasteiger partial charge in [-0.15, -0.1) is 0 Å². The van der Waals surface area contributed by atoms with E-state index in [1.807, 2.05) is 62.1 Å². The van der Waals surface area contributed by atoms with Crippen molar-refractivity contribution < 1.29 is 9.53 Å². The van der Waals surface area contributed by atoms with Crippen molar-refractivity contribution in [3.8, 4) is 11.6 Å². The molecule has 0 saturated carbocycles. The molecule has 1 fully saturated rings. The lowest BCUT2D eigenvalue weighted by molar-refractivity contribution is 0.0770. The number of aryl methyl sites for hydroxylation is 2. The molecule has 0 unspecified atom stereocenters. The number of benzene rings is 1. The van der Waals surface area contributed by atoms with Crippen LogP contribution >= 0.6 is 0 Å². The minimum atomic E-state index is -0.0675. The zero-order chi connectivity index (χ0) is 19.7. The SMILES string of the molecule is Cc1cc(O[C@H]2CCN(C(=O)c3cnn(-c4ccccc4)c3C)C2)nc(C)n1. The lowest BCUT2D eigenvalue weighted by Gasteiger charge is -2.17. The van der Waals surface area contributed by atoms with E-state index in [-0.39, 0.29) is 12.0 Å². The molecule has 7 heteroatoms. The normalized spacial score (nSPS) is 16.4. The van der Waals surface area contributed by atoms with E-state index in [0.717, 1.165) is 23.5 Å². The highest BCUT2D eigenvalue weighted by Crippen LogP contribution is 2.21. The Kier molecular flexibility index (Phi) is 4.81. The fourth-order valence-electron chi connectivity index (χ4n) is 3.54. The fraction of sp³-hybridized carbons (Fsp3) is 0.333. The van der Waals surface area contributed by atoms with Crippen LogP contribution in [0.15, 0.2) is 42.6 Å². The summed E-state index contributed by atoms with van der Waals surface area (Å²) in [5, 5.41) is 4.41. The third-order valence-electron chi connectivity index (χ3n) is 4.90. The van der Waals surface area contributed by atoms with Gasteiger partial charge < -0.3 is 9.64 Å². The van der Waals surface area contributed by atoms with Crippen molar-refractivity contribution in [3.05, 3.63) is 65.4 Å². The Balaban J connectivity index is 1.46. The van der Waals surface area contributed by atoms with Gasteiger partial charge in [0.2, 0.25) is 5.88 Å². The topological polar surface area (TPSA) is 73.1 Å². The van der Waals surface area contributed by atoms with Crippen molar-refractivity contribution in [1.82, 2.24) is 24.6 Å². The summed E-state index contributed by atoms with van der Waals surface area (Å²) in [6, 6.07) is 11.6. The highest BCUT2D eigenvalue weighted by Gasteiger charge is 2.30. The highest BCUT2D eigenvalue weighted by molar-refractivity contribution is 5.95. The smallest absolute Gasteiger partial charge is 0.257 e. The van der Waals surface area contributed by atoms with E-state index >= 15 is 0 Å². The molecule has 0 bridgehead atoms. The maximum atomic E-state index is 13.0. The average molecular weight is 377 g/mol. The zero-order valence-corrected chi connectivity index (χ0v) is 16.3. The first-order valence-electron chi connectivity index (χ1n) is 9.39. The van der Waals surface area contributed by atoms with Crippen LogP contribution in [-0.4, -0.2) is 49.7 Å². The van der Waals surface area contributed by atoms with E-state index in [0.29, 0.717) is 30.4 Å². The molecular formula is C21H23N5O2. The Morgan fingerprint density at radius 1 is 1.14 bits per heavy atom. The molecule has 0 radical (unpaired) electrons. The molecule has 3 heterocycles. The first-order chi connectivity index (χ1) is 13.5. The Morgan fingerprint density at radius 3 is 2.68 bits per heavy atom. The molecule has 7 nitrogen and oxygen atoms in total. The van der Waals surface area contributed by atoms with Gasteiger partial charge in [-0.2, -0.15) is 10.1 Å². The van der Waals surface area contributed by atoms with Crippen LogP contribution < -0.4 is 4.74 Å². The quantitative estimate of drug-likeness (QED) is 0.699. The molecule has 3 aromatic rings. The molecule has 1 amide bonds. The van der Waals surface area contributed by atoms with E-state index < -0.39 is 0 Å². The van der Waals surface area contributed by atoms with Gasteiger partial charge in [-0.05, 0) is 32.9 Å². The second-order valence-electron chi connectivity index (χ2n) is 7.07. The number of hydrogen-bond donors (Lipinski definition) is 0. The number of ether oxygens (including phenoxy) is 1. The fourth-order valence-corrected chi connectivity index (χ4v) is 3.54. The minimum absolute atomic E-state index is 0.0131. The monoisotopic (exact) mass is 377 g/mol. The number of carbonyl (C=O) groups excluding carboxylic acids is 1. The summed E-state index contributed by atoms with van der Waals surface area (Å²) in [6.45, 7) is 6.87. The molecule has 1 saturated heterocycles. The summed E-state index contributed by atoms with van der Waals surface area (Å²) >= 11 is 0. The van der Waals surface area contributed by atoms with E-state index in [2.05, 4.69) is 15.1 Å². The Bertz CT molecular complexity index is 979. The summed E-state index contributed by atoms with van der Waals surface area (Å²) in [6.07, 6.45) is 2.36. The number of rotatable bonds is 4. The summed E-state index contributed by atoms with van der Waals surface area (Å²) < 4.78 is 7.79. The molecule has 0 spiro atoms. The Hall–Kier alpha value is -3.22. The second kappa shape index (κ2) is 7.42. The van der Waals surface area contributed by atoms with Crippen LogP contribution in [0.4, 0.5) is 0 Å². The molecule has 1 aromatic carbocycles. The number of likely N-dealkylation sites (tertiary alicyclic amines) is 1. The van der Waals surface area contributed by atoms with Crippen LogP contribution in [0.5, 0.6) is 5.88 Å². The van der Waals surface area contributed by atoms with Crippen molar-refractivity contribution in [1.29, 1.82) is 0 Å². The predicted octanol–water partition coefficient (Wildman–Crippen LogP) is 2.88. The van der Waals surface area contributed by atoms with Gasteiger partial charge in [0.25, 0.3) is 5.91 Å². The van der Waals surface area contributed by atoms with Crippen molar-refractivity contribution in [2.75, 3.05) is 13.1 Å². The van der Waals surface area contributed by atoms with Gasteiger partial charge in [-0.25, -0.2) is 9.67 Å². The predicted molar refractivity (Wildman–Crippen MR) is 105 cm³/mol. The summed E-state index contributed by atoms with van der Waals surface area (Å²) in [5.74, 6) is 1.24. The van der Waals surface area contributed by atoms with Gasteiger partial charge in [-0.3, -0.25) is 4.79 Å². The molecule has 28 heavy (non-hydrogen) atoms. The van der Waals surface area contributed by atoms with Crippen LogP contribution in [0.2, 0.25) is 0 Å². The summed E-state index contributed by atoms with van der Waals surface area (Å²) in [5.41, 5.74) is 3.27. The third-order valence-corrected chi connectivity index (χ3v) is 4.90. The van der Waals surface area contributed by atoms with E-state index in [9.17, 15) is 4.79 Å². The van der Waals surface area contributed by atoms with E-state index in [1.54, 1.807) is 10.9 Å². The standard InChI is InChI=1S/C21H23N5O2/c1-14-11-20(24-16(3)23-14)28-18-9-10-25(13-18)21(27)19-12-22-26(15(19)2)17-7-5-4-6-8-17/h4-8,11-12,18H,9-10,13H2,1-3H3/t18-/m0/s1. The second-order valence-corrected chi connectivity index (χ2v) is 7.07.